The van der Waals surface area contributed by atoms with E-state index in [1.807, 2.05) is 4.90 Å². The average molecular weight is 222 g/mol. The number of rotatable bonds is 1. The molecule has 0 spiro atoms. The molecule has 2 heterocycles. The van der Waals surface area contributed by atoms with Gasteiger partial charge in [0.25, 0.3) is 5.91 Å². The van der Waals surface area contributed by atoms with Gasteiger partial charge in [-0.15, -0.1) is 0 Å². The number of amides is 1. The van der Waals surface area contributed by atoms with Crippen LogP contribution in [-0.2, 0) is 0 Å². The van der Waals surface area contributed by atoms with E-state index in [4.69, 9.17) is 5.73 Å². The summed E-state index contributed by atoms with van der Waals surface area (Å²) in [6.45, 7) is 4.17. The first kappa shape index (κ1) is 11.0. The molecule has 1 saturated heterocycles. The van der Waals surface area contributed by atoms with Crippen molar-refractivity contribution in [2.75, 3.05) is 5.73 Å². The van der Waals surface area contributed by atoms with Gasteiger partial charge in [-0.25, -0.2) is 0 Å². The van der Waals surface area contributed by atoms with E-state index < -0.39 is 0 Å². The smallest absolute Gasteiger partial charge is 0.274 e. The second-order valence-electron chi connectivity index (χ2n) is 4.54. The van der Waals surface area contributed by atoms with Gasteiger partial charge < -0.3 is 10.6 Å². The van der Waals surface area contributed by atoms with Gasteiger partial charge in [0.2, 0.25) is 0 Å². The van der Waals surface area contributed by atoms with Crippen molar-refractivity contribution in [3.05, 3.63) is 11.9 Å². The highest BCUT2D eigenvalue weighted by Crippen LogP contribution is 2.25. The number of likely N-dealkylation sites (tertiary alicyclic amines) is 1. The van der Waals surface area contributed by atoms with Crippen molar-refractivity contribution in [3.63, 3.8) is 0 Å². The van der Waals surface area contributed by atoms with E-state index in [-0.39, 0.29) is 18.0 Å². The molecule has 1 aromatic rings. The lowest BCUT2D eigenvalue weighted by Crippen LogP contribution is -2.47. The zero-order valence-electron chi connectivity index (χ0n) is 9.73. The van der Waals surface area contributed by atoms with Crippen molar-refractivity contribution in [1.29, 1.82) is 0 Å². The predicted molar refractivity (Wildman–Crippen MR) is 61.9 cm³/mol. The van der Waals surface area contributed by atoms with Crippen LogP contribution in [0.2, 0.25) is 0 Å². The van der Waals surface area contributed by atoms with Crippen molar-refractivity contribution < 1.29 is 4.79 Å². The normalized spacial score (nSPS) is 25.8. The monoisotopic (exact) mass is 222 g/mol. The Hall–Kier alpha value is -1.52. The minimum absolute atomic E-state index is 0.0327. The zero-order chi connectivity index (χ0) is 11.7. The number of carbonyl (C=O) groups excluding carboxylic acids is 1. The first-order chi connectivity index (χ1) is 7.61. The largest absolute Gasteiger partial charge is 0.396 e. The standard InChI is InChI=1S/C11H18N4O/c1-7-4-3-5-8(2)15(7)11(16)10-9(12)6-13-14-10/h6-8H,3-5,12H2,1-2H3,(H,13,14)/t7-,8+. The van der Waals surface area contributed by atoms with E-state index in [9.17, 15) is 4.79 Å². The number of hydrogen-bond donors (Lipinski definition) is 2. The number of nitrogens with two attached hydrogens (primary N) is 1. The van der Waals surface area contributed by atoms with Gasteiger partial charge in [0.05, 0.1) is 11.9 Å². The molecule has 0 saturated carbocycles. The minimum Gasteiger partial charge on any atom is -0.396 e. The van der Waals surface area contributed by atoms with Crippen molar-refractivity contribution in [2.45, 2.75) is 45.2 Å². The van der Waals surface area contributed by atoms with Crippen LogP contribution in [0.3, 0.4) is 0 Å². The molecular weight excluding hydrogens is 204 g/mol. The lowest BCUT2D eigenvalue weighted by Gasteiger charge is -2.38. The summed E-state index contributed by atoms with van der Waals surface area (Å²) in [6, 6.07) is 0.554. The number of nitrogens with zero attached hydrogens (tertiary/aromatic N) is 2. The quantitative estimate of drug-likeness (QED) is 0.754. The topological polar surface area (TPSA) is 75.0 Å². The zero-order valence-corrected chi connectivity index (χ0v) is 9.73. The van der Waals surface area contributed by atoms with E-state index in [0.29, 0.717) is 11.4 Å². The molecule has 1 aliphatic heterocycles. The van der Waals surface area contributed by atoms with Gasteiger partial charge in [-0.3, -0.25) is 9.89 Å². The first-order valence-electron chi connectivity index (χ1n) is 5.72. The van der Waals surface area contributed by atoms with Gasteiger partial charge in [-0.2, -0.15) is 5.10 Å². The molecule has 88 valence electrons. The third-order valence-corrected chi connectivity index (χ3v) is 3.31. The van der Waals surface area contributed by atoms with Crippen LogP contribution >= 0.6 is 0 Å². The van der Waals surface area contributed by atoms with Crippen LogP contribution in [0.25, 0.3) is 0 Å². The number of nitrogen functional groups attached to an aromatic ring is 1. The first-order valence-corrected chi connectivity index (χ1v) is 5.72. The van der Waals surface area contributed by atoms with Crippen LogP contribution in [0.15, 0.2) is 6.20 Å². The maximum absolute atomic E-state index is 12.3. The Morgan fingerprint density at radius 1 is 1.50 bits per heavy atom. The molecule has 5 nitrogen and oxygen atoms in total. The Bertz CT molecular complexity index is 377. The van der Waals surface area contributed by atoms with Crippen LogP contribution in [-0.4, -0.2) is 33.1 Å². The molecular formula is C11H18N4O. The van der Waals surface area contributed by atoms with Gasteiger partial charge in [-0.05, 0) is 33.1 Å². The van der Waals surface area contributed by atoms with Crippen LogP contribution < -0.4 is 5.73 Å². The third-order valence-electron chi connectivity index (χ3n) is 3.31. The highest BCUT2D eigenvalue weighted by Gasteiger charge is 2.31. The van der Waals surface area contributed by atoms with Crippen molar-refractivity contribution >= 4 is 11.6 Å². The summed E-state index contributed by atoms with van der Waals surface area (Å²) in [7, 11) is 0. The van der Waals surface area contributed by atoms with Crippen molar-refractivity contribution in [2.24, 2.45) is 0 Å². The fourth-order valence-corrected chi connectivity index (χ4v) is 2.42. The number of carbonyl (C=O) groups is 1. The Kier molecular flexibility index (Phi) is 2.85. The summed E-state index contributed by atoms with van der Waals surface area (Å²) in [6.07, 6.45) is 4.78. The summed E-state index contributed by atoms with van der Waals surface area (Å²) in [5.41, 5.74) is 6.54. The fourth-order valence-electron chi connectivity index (χ4n) is 2.42. The van der Waals surface area contributed by atoms with Crippen LogP contribution in [0.5, 0.6) is 0 Å². The van der Waals surface area contributed by atoms with Crippen molar-refractivity contribution in [1.82, 2.24) is 15.1 Å². The lowest BCUT2D eigenvalue weighted by atomic mass is 9.97. The summed E-state index contributed by atoms with van der Waals surface area (Å²) < 4.78 is 0. The molecule has 2 rings (SSSR count). The molecule has 16 heavy (non-hydrogen) atoms. The Morgan fingerprint density at radius 2 is 2.12 bits per heavy atom. The summed E-state index contributed by atoms with van der Waals surface area (Å²) in [5.74, 6) is -0.0327. The molecule has 0 unspecified atom stereocenters. The van der Waals surface area contributed by atoms with Crippen LogP contribution in [0.1, 0.15) is 43.6 Å². The van der Waals surface area contributed by atoms with E-state index in [1.165, 1.54) is 12.6 Å². The van der Waals surface area contributed by atoms with E-state index >= 15 is 0 Å². The Balaban J connectivity index is 2.23. The fraction of sp³-hybridized carbons (Fsp3) is 0.636. The van der Waals surface area contributed by atoms with Crippen molar-refractivity contribution in [3.8, 4) is 0 Å². The highest BCUT2D eigenvalue weighted by molar-refractivity contribution is 5.97. The molecule has 0 aliphatic carbocycles. The maximum atomic E-state index is 12.3. The number of aromatic nitrogens is 2. The van der Waals surface area contributed by atoms with E-state index in [0.717, 1.165) is 12.8 Å². The van der Waals surface area contributed by atoms with Gasteiger partial charge in [-0.1, -0.05) is 0 Å². The molecule has 0 bridgehead atoms. The number of hydrogen-bond acceptors (Lipinski definition) is 3. The molecule has 1 amide bonds. The number of aromatic amines is 1. The summed E-state index contributed by atoms with van der Waals surface area (Å²) in [5, 5.41) is 6.47. The molecule has 1 fully saturated rings. The van der Waals surface area contributed by atoms with Crippen LogP contribution in [0.4, 0.5) is 5.69 Å². The molecule has 2 atom stereocenters. The molecule has 3 N–H and O–H groups in total. The molecule has 5 heteroatoms. The Labute approximate surface area is 95.0 Å². The van der Waals surface area contributed by atoms with E-state index in [2.05, 4.69) is 24.0 Å². The predicted octanol–water partition coefficient (Wildman–Crippen LogP) is 1.39. The average Bonchev–Trinajstić information content (AvgIpc) is 2.64. The van der Waals surface area contributed by atoms with Crippen LogP contribution in [0, 0.1) is 0 Å². The molecule has 1 aliphatic rings. The SMILES string of the molecule is C[C@@H]1CCC[C@H](C)N1C(=O)c1[nH]ncc1N. The highest BCUT2D eigenvalue weighted by atomic mass is 16.2. The van der Waals surface area contributed by atoms with Gasteiger partial charge in [0, 0.05) is 12.1 Å². The van der Waals surface area contributed by atoms with E-state index in [1.54, 1.807) is 0 Å². The summed E-state index contributed by atoms with van der Waals surface area (Å²) >= 11 is 0. The van der Waals surface area contributed by atoms with Gasteiger partial charge >= 0.3 is 0 Å². The maximum Gasteiger partial charge on any atom is 0.274 e. The lowest BCUT2D eigenvalue weighted by molar-refractivity contribution is 0.0505. The number of anilines is 1. The van der Waals surface area contributed by atoms with Gasteiger partial charge in [0.15, 0.2) is 0 Å². The number of nitrogens with one attached hydrogen (secondary N) is 1. The number of H-pyrrole nitrogens is 1. The number of piperidine rings is 1. The third kappa shape index (κ3) is 1.77. The minimum atomic E-state index is -0.0327. The second-order valence-corrected chi connectivity index (χ2v) is 4.54. The Morgan fingerprint density at radius 3 is 2.62 bits per heavy atom. The summed E-state index contributed by atoms with van der Waals surface area (Å²) in [4.78, 5) is 14.2. The second kappa shape index (κ2) is 4.15. The molecule has 1 aromatic heterocycles. The molecule has 0 aromatic carbocycles. The molecule has 0 radical (unpaired) electrons. The van der Waals surface area contributed by atoms with Gasteiger partial charge in [0.1, 0.15) is 5.69 Å².